The van der Waals surface area contributed by atoms with Crippen molar-refractivity contribution in [3.05, 3.63) is 59.2 Å². The zero-order valence-corrected chi connectivity index (χ0v) is 16.4. The highest BCUT2D eigenvalue weighted by Gasteiger charge is 2.34. The third kappa shape index (κ3) is 6.20. The van der Waals surface area contributed by atoms with Crippen LogP contribution in [0.15, 0.2) is 42.5 Å². The molecule has 0 aliphatic carbocycles. The van der Waals surface area contributed by atoms with E-state index in [1.807, 2.05) is 19.1 Å². The van der Waals surface area contributed by atoms with E-state index < -0.39 is 23.4 Å². The van der Waals surface area contributed by atoms with Crippen molar-refractivity contribution in [1.82, 2.24) is 5.32 Å². The summed E-state index contributed by atoms with van der Waals surface area (Å²) in [6, 6.07) is 10.7. The van der Waals surface area contributed by atoms with Gasteiger partial charge in [-0.3, -0.25) is 9.59 Å². The van der Waals surface area contributed by atoms with E-state index in [1.54, 1.807) is 12.1 Å². The summed E-state index contributed by atoms with van der Waals surface area (Å²) in [6.07, 6.45) is 1.44. The predicted molar refractivity (Wildman–Crippen MR) is 106 cm³/mol. The van der Waals surface area contributed by atoms with Crippen molar-refractivity contribution < 1.29 is 29.6 Å². The van der Waals surface area contributed by atoms with Crippen LogP contribution in [-0.2, 0) is 21.7 Å². The first-order valence-corrected chi connectivity index (χ1v) is 9.17. The zero-order chi connectivity index (χ0) is 21.6. The first kappa shape index (κ1) is 22.2. The zero-order valence-electron chi connectivity index (χ0n) is 16.4. The average Bonchev–Trinajstić information content (AvgIpc) is 2.66. The molecular weight excluding hydrogens is 376 g/mol. The molecule has 0 spiro atoms. The first-order valence-electron chi connectivity index (χ1n) is 9.17. The standard InChI is InChI=1S/C21H26N2O6/c1-13(3-4-15-5-7-16(8-6-15)20(22)27)23-12-21(28,29-14(2)24)17-9-10-18(25)19(26)11-17/h5-11,13,23,25-26,28H,3-4,12H2,1-2H3,(H2,22,27). The molecule has 0 fully saturated rings. The second-order valence-corrected chi connectivity index (χ2v) is 6.96. The van der Waals surface area contributed by atoms with Crippen molar-refractivity contribution in [3.8, 4) is 11.5 Å². The van der Waals surface area contributed by atoms with Crippen LogP contribution in [0.5, 0.6) is 11.5 Å². The lowest BCUT2D eigenvalue weighted by Gasteiger charge is -2.30. The number of phenolic OH excluding ortho intramolecular Hbond substituents is 2. The summed E-state index contributed by atoms with van der Waals surface area (Å²) in [6.45, 7) is 2.98. The summed E-state index contributed by atoms with van der Waals surface area (Å²) in [5.41, 5.74) is 6.84. The molecule has 2 atom stereocenters. The van der Waals surface area contributed by atoms with Crippen LogP contribution in [0.1, 0.15) is 41.8 Å². The Hall–Kier alpha value is -3.10. The van der Waals surface area contributed by atoms with Crippen LogP contribution >= 0.6 is 0 Å². The smallest absolute Gasteiger partial charge is 0.305 e. The summed E-state index contributed by atoms with van der Waals surface area (Å²) in [4.78, 5) is 22.6. The van der Waals surface area contributed by atoms with Gasteiger partial charge in [0.25, 0.3) is 5.79 Å². The molecule has 0 aromatic heterocycles. The van der Waals surface area contributed by atoms with Gasteiger partial charge in [-0.1, -0.05) is 12.1 Å². The minimum absolute atomic E-state index is 0.0430. The van der Waals surface area contributed by atoms with E-state index in [4.69, 9.17) is 10.5 Å². The van der Waals surface area contributed by atoms with E-state index in [1.165, 1.54) is 19.1 Å². The SMILES string of the molecule is CC(=O)OC(O)(CNC(C)CCc1ccc(C(N)=O)cc1)c1ccc(O)c(O)c1. The number of primary amides is 1. The van der Waals surface area contributed by atoms with E-state index in [0.29, 0.717) is 12.0 Å². The quantitative estimate of drug-likeness (QED) is 0.243. The maximum atomic E-state index is 11.5. The summed E-state index contributed by atoms with van der Waals surface area (Å²) >= 11 is 0. The largest absolute Gasteiger partial charge is 0.504 e. The van der Waals surface area contributed by atoms with Crippen molar-refractivity contribution in [1.29, 1.82) is 0 Å². The number of nitrogens with one attached hydrogen (secondary N) is 1. The van der Waals surface area contributed by atoms with Gasteiger partial charge in [0.1, 0.15) is 0 Å². The average molecular weight is 402 g/mol. The molecule has 6 N–H and O–H groups in total. The van der Waals surface area contributed by atoms with Crippen LogP contribution in [0.25, 0.3) is 0 Å². The number of aliphatic hydroxyl groups is 1. The van der Waals surface area contributed by atoms with Gasteiger partial charge in [0.05, 0.1) is 6.54 Å². The summed E-state index contributed by atoms with van der Waals surface area (Å²) < 4.78 is 5.09. The number of carbonyl (C=O) groups excluding carboxylic acids is 2. The molecule has 2 unspecified atom stereocenters. The fourth-order valence-corrected chi connectivity index (χ4v) is 2.83. The van der Waals surface area contributed by atoms with Crippen molar-refractivity contribution in [2.75, 3.05) is 6.54 Å². The number of phenols is 2. The Morgan fingerprint density at radius 1 is 1.14 bits per heavy atom. The minimum Gasteiger partial charge on any atom is -0.504 e. The van der Waals surface area contributed by atoms with Gasteiger partial charge in [0.2, 0.25) is 5.91 Å². The van der Waals surface area contributed by atoms with Gasteiger partial charge in [-0.15, -0.1) is 0 Å². The van der Waals surface area contributed by atoms with Crippen LogP contribution in [0, 0.1) is 0 Å². The van der Waals surface area contributed by atoms with Gasteiger partial charge in [0.15, 0.2) is 11.5 Å². The van der Waals surface area contributed by atoms with E-state index >= 15 is 0 Å². The molecule has 8 nitrogen and oxygen atoms in total. The Balaban J connectivity index is 1.99. The van der Waals surface area contributed by atoms with E-state index in [2.05, 4.69) is 5.32 Å². The molecule has 0 bridgehead atoms. The maximum Gasteiger partial charge on any atom is 0.305 e. The van der Waals surface area contributed by atoms with Gasteiger partial charge in [-0.2, -0.15) is 0 Å². The highest BCUT2D eigenvalue weighted by Crippen LogP contribution is 2.31. The van der Waals surface area contributed by atoms with Crippen LogP contribution in [0.2, 0.25) is 0 Å². The molecule has 2 aromatic carbocycles. The molecule has 0 radical (unpaired) electrons. The van der Waals surface area contributed by atoms with E-state index in [-0.39, 0.29) is 23.9 Å². The van der Waals surface area contributed by atoms with Gasteiger partial charge in [-0.05, 0) is 55.7 Å². The molecule has 1 amide bonds. The number of ether oxygens (including phenoxy) is 1. The molecule has 0 saturated carbocycles. The van der Waals surface area contributed by atoms with Crippen LogP contribution in [0.4, 0.5) is 0 Å². The van der Waals surface area contributed by atoms with E-state index in [9.17, 15) is 24.9 Å². The summed E-state index contributed by atoms with van der Waals surface area (Å²) in [5.74, 6) is -3.95. The van der Waals surface area contributed by atoms with Crippen molar-refractivity contribution in [2.24, 2.45) is 5.73 Å². The summed E-state index contributed by atoms with van der Waals surface area (Å²) in [5, 5.41) is 33.1. The fraction of sp³-hybridized carbons (Fsp3) is 0.333. The Morgan fingerprint density at radius 3 is 2.34 bits per heavy atom. The second-order valence-electron chi connectivity index (χ2n) is 6.96. The third-order valence-corrected chi connectivity index (χ3v) is 4.53. The Kier molecular flexibility index (Phi) is 7.19. The topological polar surface area (TPSA) is 142 Å². The second kappa shape index (κ2) is 9.40. The number of benzene rings is 2. The van der Waals surface area contributed by atoms with Crippen LogP contribution in [-0.4, -0.2) is 39.8 Å². The number of carbonyl (C=O) groups is 2. The van der Waals surface area contributed by atoms with Crippen molar-refractivity contribution in [3.63, 3.8) is 0 Å². The number of rotatable bonds is 9. The first-order chi connectivity index (χ1) is 13.6. The highest BCUT2D eigenvalue weighted by molar-refractivity contribution is 5.92. The van der Waals surface area contributed by atoms with Gasteiger partial charge < -0.3 is 31.1 Å². The number of hydrogen-bond donors (Lipinski definition) is 5. The maximum absolute atomic E-state index is 11.5. The van der Waals surface area contributed by atoms with E-state index in [0.717, 1.165) is 18.1 Å². The van der Waals surface area contributed by atoms with Crippen molar-refractivity contribution in [2.45, 2.75) is 38.5 Å². The lowest BCUT2D eigenvalue weighted by Crippen LogP contribution is -2.44. The molecule has 8 heteroatoms. The number of aromatic hydroxyl groups is 2. The number of nitrogens with two attached hydrogens (primary N) is 1. The number of amides is 1. The van der Waals surface area contributed by atoms with Crippen molar-refractivity contribution >= 4 is 11.9 Å². The Labute approximate surface area is 168 Å². The van der Waals surface area contributed by atoms with Gasteiger partial charge >= 0.3 is 5.97 Å². The molecule has 0 aliphatic heterocycles. The highest BCUT2D eigenvalue weighted by atomic mass is 16.7. The molecule has 2 aromatic rings. The number of esters is 1. The van der Waals surface area contributed by atoms with Gasteiger partial charge in [-0.25, -0.2) is 0 Å². The summed E-state index contributed by atoms with van der Waals surface area (Å²) in [7, 11) is 0. The lowest BCUT2D eigenvalue weighted by molar-refractivity contribution is -0.211. The molecule has 2 rings (SSSR count). The molecule has 0 aliphatic rings. The Morgan fingerprint density at radius 2 is 1.79 bits per heavy atom. The molecule has 0 saturated heterocycles. The third-order valence-electron chi connectivity index (χ3n) is 4.53. The fourth-order valence-electron chi connectivity index (χ4n) is 2.83. The number of hydrogen-bond acceptors (Lipinski definition) is 7. The van der Waals surface area contributed by atoms with Crippen LogP contribution < -0.4 is 11.1 Å². The van der Waals surface area contributed by atoms with Crippen LogP contribution in [0.3, 0.4) is 0 Å². The monoisotopic (exact) mass is 402 g/mol. The molecule has 156 valence electrons. The minimum atomic E-state index is -2.01. The molecule has 29 heavy (non-hydrogen) atoms. The lowest BCUT2D eigenvalue weighted by atomic mass is 10.0. The molecule has 0 heterocycles. The van der Waals surface area contributed by atoms with Gasteiger partial charge in [0, 0.05) is 24.1 Å². The predicted octanol–water partition coefficient (Wildman–Crippen LogP) is 1.52. The molecular formula is C21H26N2O6. The Bertz CT molecular complexity index is 868. The number of aryl methyl sites for hydroxylation is 1. The normalized spacial score (nSPS) is 14.0.